The minimum atomic E-state index is 0.345. The van der Waals surface area contributed by atoms with Gasteiger partial charge in [0.05, 0.1) is 0 Å². The van der Waals surface area contributed by atoms with Crippen LogP contribution in [0.2, 0.25) is 0 Å². The number of nitrogens with zero attached hydrogens (tertiary/aromatic N) is 1. The zero-order valence-corrected chi connectivity index (χ0v) is 7.88. The Morgan fingerprint density at radius 3 is 1.91 bits per heavy atom. The molecular weight excluding hydrogens is 178 g/mol. The fourth-order valence-corrected chi connectivity index (χ4v) is 3.02. The molecule has 0 aromatic heterocycles. The van der Waals surface area contributed by atoms with Crippen LogP contribution < -0.4 is 16.0 Å². The van der Waals surface area contributed by atoms with E-state index in [-0.39, 0.29) is 0 Å². The van der Waals surface area contributed by atoms with Gasteiger partial charge in [-0.2, -0.15) is 5.32 Å². The Bertz CT molecular complexity index is 107. The van der Waals surface area contributed by atoms with Crippen LogP contribution in [0.15, 0.2) is 0 Å². The van der Waals surface area contributed by atoms with Crippen molar-refractivity contribution >= 4 is 23.5 Å². The molecule has 2 aliphatic rings. The Labute approximate surface area is 75.4 Å². The van der Waals surface area contributed by atoms with Gasteiger partial charge in [-0.3, -0.25) is 10.6 Å². The van der Waals surface area contributed by atoms with Crippen molar-refractivity contribution in [2.75, 3.05) is 24.6 Å². The summed E-state index contributed by atoms with van der Waals surface area (Å²) < 4.78 is 0. The monoisotopic (exact) mass is 190 g/mol. The summed E-state index contributed by atoms with van der Waals surface area (Å²) in [5.74, 6) is 2.40. The first-order valence-electron chi connectivity index (χ1n) is 3.85. The van der Waals surface area contributed by atoms with Gasteiger partial charge in [0.1, 0.15) is 11.0 Å². The largest absolute Gasteiger partial charge is 0.291 e. The molecule has 11 heavy (non-hydrogen) atoms. The lowest BCUT2D eigenvalue weighted by Gasteiger charge is -2.14. The zero-order chi connectivity index (χ0) is 7.52. The van der Waals surface area contributed by atoms with E-state index in [9.17, 15) is 0 Å². The van der Waals surface area contributed by atoms with Gasteiger partial charge in [0.2, 0.25) is 0 Å². The van der Waals surface area contributed by atoms with Crippen molar-refractivity contribution in [3.63, 3.8) is 0 Å². The molecule has 0 aromatic rings. The molecule has 2 rings (SSSR count). The average molecular weight is 190 g/mol. The van der Waals surface area contributed by atoms with E-state index in [1.165, 1.54) is 11.5 Å². The molecule has 3 nitrogen and oxygen atoms in total. The Morgan fingerprint density at radius 2 is 1.55 bits per heavy atom. The quantitative estimate of drug-likeness (QED) is 0.634. The standard InChI is InChI=1S/C6H12N3S2/c1-3-10-5(7-1)9-6-8-2-4-11-6/h5-8H,1-4H2. The third-order valence-electron chi connectivity index (χ3n) is 1.66. The van der Waals surface area contributed by atoms with E-state index in [2.05, 4.69) is 16.0 Å². The van der Waals surface area contributed by atoms with Crippen LogP contribution in [0.3, 0.4) is 0 Å². The van der Waals surface area contributed by atoms with Crippen LogP contribution in [-0.2, 0) is 0 Å². The van der Waals surface area contributed by atoms with Gasteiger partial charge in [0.25, 0.3) is 0 Å². The normalized spacial score (nSPS) is 38.2. The summed E-state index contributed by atoms with van der Waals surface area (Å²) in [4.78, 5) is 0. The summed E-state index contributed by atoms with van der Waals surface area (Å²) in [6.07, 6.45) is 0. The van der Waals surface area contributed by atoms with Gasteiger partial charge in [-0.25, -0.2) is 0 Å². The lowest BCUT2D eigenvalue weighted by atomic mass is 10.7. The fraction of sp³-hybridized carbons (Fsp3) is 1.00. The number of hydrogen-bond acceptors (Lipinski definition) is 4. The van der Waals surface area contributed by atoms with Crippen molar-refractivity contribution in [3.8, 4) is 0 Å². The van der Waals surface area contributed by atoms with E-state index in [0.717, 1.165) is 13.1 Å². The van der Waals surface area contributed by atoms with Crippen molar-refractivity contribution in [3.05, 3.63) is 0 Å². The molecule has 2 saturated heterocycles. The fourth-order valence-electron chi connectivity index (χ4n) is 1.14. The molecule has 0 spiro atoms. The SMILES string of the molecule is C1CSC([N]C2NCCS2)N1. The topological polar surface area (TPSA) is 38.2 Å². The molecule has 0 bridgehead atoms. The van der Waals surface area contributed by atoms with Crippen molar-refractivity contribution < 1.29 is 0 Å². The average Bonchev–Trinajstić information content (AvgIpc) is 2.60. The van der Waals surface area contributed by atoms with Gasteiger partial charge < -0.3 is 0 Å². The Morgan fingerprint density at radius 1 is 1.00 bits per heavy atom. The molecule has 2 atom stereocenters. The highest BCUT2D eigenvalue weighted by Gasteiger charge is 2.22. The van der Waals surface area contributed by atoms with Gasteiger partial charge in [0.15, 0.2) is 0 Å². The van der Waals surface area contributed by atoms with Crippen LogP contribution in [0.25, 0.3) is 0 Å². The van der Waals surface area contributed by atoms with Crippen molar-refractivity contribution in [1.82, 2.24) is 16.0 Å². The van der Waals surface area contributed by atoms with Crippen LogP contribution in [0.5, 0.6) is 0 Å². The van der Waals surface area contributed by atoms with Crippen LogP contribution in [-0.4, -0.2) is 35.6 Å². The highest BCUT2D eigenvalue weighted by atomic mass is 32.2. The van der Waals surface area contributed by atoms with E-state index in [1.54, 1.807) is 0 Å². The molecule has 1 radical (unpaired) electrons. The second-order valence-electron chi connectivity index (χ2n) is 2.50. The molecule has 63 valence electrons. The van der Waals surface area contributed by atoms with Crippen LogP contribution in [0, 0.1) is 0 Å². The molecule has 0 amide bonds. The van der Waals surface area contributed by atoms with Gasteiger partial charge in [-0.1, -0.05) is 0 Å². The van der Waals surface area contributed by atoms with Crippen molar-refractivity contribution in [2.45, 2.75) is 11.0 Å². The van der Waals surface area contributed by atoms with Crippen molar-refractivity contribution in [1.29, 1.82) is 0 Å². The maximum Gasteiger partial charge on any atom is 0.124 e. The maximum atomic E-state index is 4.58. The van der Waals surface area contributed by atoms with Gasteiger partial charge in [0, 0.05) is 24.6 Å². The lowest BCUT2D eigenvalue weighted by molar-refractivity contribution is 0.508. The Hall–Kier alpha value is 0.580. The molecule has 2 fully saturated rings. The third-order valence-corrected chi connectivity index (χ3v) is 3.75. The second kappa shape index (κ2) is 4.00. The summed E-state index contributed by atoms with van der Waals surface area (Å²) in [6.45, 7) is 2.21. The predicted octanol–water partition coefficient (Wildman–Crippen LogP) is -0.169. The highest BCUT2D eigenvalue weighted by Crippen LogP contribution is 2.18. The summed E-state index contributed by atoms with van der Waals surface area (Å²) in [7, 11) is 0. The van der Waals surface area contributed by atoms with Gasteiger partial charge in [-0.05, 0) is 0 Å². The van der Waals surface area contributed by atoms with E-state index >= 15 is 0 Å². The lowest BCUT2D eigenvalue weighted by Crippen LogP contribution is -2.39. The third kappa shape index (κ3) is 2.26. The molecule has 0 aliphatic carbocycles. The van der Waals surface area contributed by atoms with Gasteiger partial charge >= 0.3 is 0 Å². The Balaban J connectivity index is 1.71. The van der Waals surface area contributed by atoms with Crippen LogP contribution in [0.4, 0.5) is 0 Å². The maximum absolute atomic E-state index is 4.58. The van der Waals surface area contributed by atoms with Crippen LogP contribution >= 0.6 is 23.5 Å². The molecule has 0 saturated carbocycles. The summed E-state index contributed by atoms with van der Waals surface area (Å²) in [6, 6.07) is 0. The molecular formula is C6H12N3S2. The number of rotatable bonds is 2. The number of thioether (sulfide) groups is 2. The summed E-state index contributed by atoms with van der Waals surface area (Å²) in [5, 5.41) is 11.2. The first-order chi connectivity index (χ1) is 5.45. The Kier molecular flexibility index (Phi) is 2.98. The highest BCUT2D eigenvalue weighted by molar-refractivity contribution is 8.00. The number of nitrogens with one attached hydrogen (secondary N) is 2. The van der Waals surface area contributed by atoms with E-state index < -0.39 is 0 Å². The molecule has 2 N–H and O–H groups in total. The van der Waals surface area contributed by atoms with Crippen LogP contribution in [0.1, 0.15) is 0 Å². The molecule has 2 unspecified atom stereocenters. The molecule has 5 heteroatoms. The van der Waals surface area contributed by atoms with Crippen molar-refractivity contribution in [2.24, 2.45) is 0 Å². The zero-order valence-electron chi connectivity index (χ0n) is 6.25. The molecule has 2 aliphatic heterocycles. The first-order valence-corrected chi connectivity index (χ1v) is 5.95. The summed E-state index contributed by atoms with van der Waals surface area (Å²) >= 11 is 3.80. The second-order valence-corrected chi connectivity index (χ2v) is 4.88. The van der Waals surface area contributed by atoms with Gasteiger partial charge in [-0.15, -0.1) is 23.5 Å². The minimum Gasteiger partial charge on any atom is -0.291 e. The van der Waals surface area contributed by atoms with E-state index in [4.69, 9.17) is 0 Å². The molecule has 2 heterocycles. The first kappa shape index (κ1) is 8.19. The van der Waals surface area contributed by atoms with E-state index in [1.807, 2.05) is 23.5 Å². The minimum absolute atomic E-state index is 0.345. The summed E-state index contributed by atoms with van der Waals surface area (Å²) in [5.41, 5.74) is 0.691. The van der Waals surface area contributed by atoms with E-state index in [0.29, 0.717) is 11.0 Å². The predicted molar refractivity (Wildman–Crippen MR) is 50.6 cm³/mol. The molecule has 0 aromatic carbocycles. The smallest absolute Gasteiger partial charge is 0.124 e. The number of hydrogen-bond donors (Lipinski definition) is 2.